The molecule has 1 aromatic carbocycles. The maximum absolute atomic E-state index is 11.6. The molecule has 0 fully saturated rings. The highest BCUT2D eigenvalue weighted by Gasteiger charge is 2.06. The number of nitrogens with one attached hydrogen (secondary N) is 1. The van der Waals surface area contributed by atoms with Crippen LogP contribution in [0.3, 0.4) is 0 Å². The predicted octanol–water partition coefficient (Wildman–Crippen LogP) is 1.86. The van der Waals surface area contributed by atoms with E-state index in [2.05, 4.69) is 5.32 Å². The van der Waals surface area contributed by atoms with Gasteiger partial charge in [-0.15, -0.1) is 11.8 Å². The van der Waals surface area contributed by atoms with Crippen molar-refractivity contribution in [1.82, 2.24) is 5.32 Å². The van der Waals surface area contributed by atoms with E-state index in [1.165, 1.54) is 5.56 Å². The van der Waals surface area contributed by atoms with Crippen molar-refractivity contribution in [2.75, 3.05) is 26.0 Å². The average molecular weight is 297 g/mol. The van der Waals surface area contributed by atoms with Crippen LogP contribution < -0.4 is 10.1 Å². The van der Waals surface area contributed by atoms with Gasteiger partial charge in [-0.1, -0.05) is 19.1 Å². The topological polar surface area (TPSA) is 58.6 Å². The quantitative estimate of drug-likeness (QED) is 0.730. The van der Waals surface area contributed by atoms with Crippen LogP contribution in [0.2, 0.25) is 0 Å². The van der Waals surface area contributed by atoms with Gasteiger partial charge in [0.1, 0.15) is 5.75 Å². The van der Waals surface area contributed by atoms with E-state index in [9.17, 15) is 4.79 Å². The molecule has 0 saturated carbocycles. The van der Waals surface area contributed by atoms with Gasteiger partial charge in [-0.2, -0.15) is 0 Å². The molecule has 20 heavy (non-hydrogen) atoms. The number of rotatable bonds is 9. The second kappa shape index (κ2) is 9.66. The van der Waals surface area contributed by atoms with Crippen molar-refractivity contribution < 1.29 is 14.6 Å². The van der Waals surface area contributed by atoms with Crippen LogP contribution in [0.15, 0.2) is 24.3 Å². The molecule has 1 atom stereocenters. The van der Waals surface area contributed by atoms with Crippen LogP contribution in [0.1, 0.15) is 18.9 Å². The lowest BCUT2D eigenvalue weighted by atomic mass is 10.1. The average Bonchev–Trinajstić information content (AvgIpc) is 2.46. The van der Waals surface area contributed by atoms with E-state index in [1.54, 1.807) is 18.9 Å². The zero-order valence-corrected chi connectivity index (χ0v) is 12.9. The number of methoxy groups -OCH3 is 1. The number of carbonyl (C=O) groups excluding carboxylic acids is 1. The Bertz CT molecular complexity index is 395. The smallest absolute Gasteiger partial charge is 0.230 e. The first-order chi connectivity index (χ1) is 9.65. The minimum atomic E-state index is 0.0494. The van der Waals surface area contributed by atoms with E-state index in [0.29, 0.717) is 17.5 Å². The fourth-order valence-electron chi connectivity index (χ4n) is 1.67. The van der Waals surface area contributed by atoms with Crippen LogP contribution in [0.4, 0.5) is 0 Å². The van der Waals surface area contributed by atoms with Gasteiger partial charge in [0.05, 0.1) is 12.9 Å². The zero-order chi connectivity index (χ0) is 14.8. The molecule has 0 aliphatic carbocycles. The summed E-state index contributed by atoms with van der Waals surface area (Å²) in [6, 6.07) is 7.85. The molecular weight excluding hydrogens is 274 g/mol. The van der Waals surface area contributed by atoms with E-state index < -0.39 is 0 Å². The van der Waals surface area contributed by atoms with Crippen molar-refractivity contribution in [3.8, 4) is 5.75 Å². The van der Waals surface area contributed by atoms with Gasteiger partial charge in [0, 0.05) is 18.4 Å². The molecule has 1 unspecified atom stereocenters. The SMILES string of the molecule is COc1ccc(CCNC(=O)CSC(C)CCO)cc1. The Morgan fingerprint density at radius 3 is 2.70 bits per heavy atom. The highest BCUT2D eigenvalue weighted by atomic mass is 32.2. The second-order valence-corrected chi connectivity index (χ2v) is 6.01. The fraction of sp³-hybridized carbons (Fsp3) is 0.533. The van der Waals surface area contributed by atoms with Gasteiger partial charge in [0.15, 0.2) is 0 Å². The summed E-state index contributed by atoms with van der Waals surface area (Å²) in [5, 5.41) is 12.0. The maximum atomic E-state index is 11.6. The Morgan fingerprint density at radius 2 is 2.10 bits per heavy atom. The summed E-state index contributed by atoms with van der Waals surface area (Å²) in [6.07, 6.45) is 1.54. The molecule has 1 amide bonds. The summed E-state index contributed by atoms with van der Waals surface area (Å²) in [5.41, 5.74) is 1.17. The molecule has 0 spiro atoms. The molecule has 4 nitrogen and oxygen atoms in total. The third kappa shape index (κ3) is 6.82. The lowest BCUT2D eigenvalue weighted by Gasteiger charge is -2.09. The number of aliphatic hydroxyl groups is 1. The number of hydrogen-bond donors (Lipinski definition) is 2. The monoisotopic (exact) mass is 297 g/mol. The normalized spacial score (nSPS) is 11.9. The van der Waals surface area contributed by atoms with E-state index >= 15 is 0 Å². The predicted molar refractivity (Wildman–Crippen MR) is 83.3 cm³/mol. The van der Waals surface area contributed by atoms with Crippen molar-refractivity contribution in [3.63, 3.8) is 0 Å². The Morgan fingerprint density at radius 1 is 1.40 bits per heavy atom. The van der Waals surface area contributed by atoms with Crippen LogP contribution in [0.5, 0.6) is 5.75 Å². The van der Waals surface area contributed by atoms with E-state index in [1.807, 2.05) is 31.2 Å². The molecule has 0 aliphatic rings. The van der Waals surface area contributed by atoms with Gasteiger partial charge >= 0.3 is 0 Å². The van der Waals surface area contributed by atoms with E-state index in [-0.39, 0.29) is 12.5 Å². The van der Waals surface area contributed by atoms with E-state index in [4.69, 9.17) is 9.84 Å². The summed E-state index contributed by atoms with van der Waals surface area (Å²) < 4.78 is 5.10. The first kappa shape index (κ1) is 16.9. The van der Waals surface area contributed by atoms with Crippen molar-refractivity contribution in [1.29, 1.82) is 0 Å². The first-order valence-corrected chi connectivity index (χ1v) is 7.82. The fourth-order valence-corrected chi connectivity index (χ4v) is 2.48. The van der Waals surface area contributed by atoms with Crippen LogP contribution in [0.25, 0.3) is 0 Å². The number of thioether (sulfide) groups is 1. The molecule has 1 aromatic rings. The number of aliphatic hydroxyl groups excluding tert-OH is 1. The van der Waals surface area contributed by atoms with Crippen LogP contribution in [0, 0.1) is 0 Å². The minimum Gasteiger partial charge on any atom is -0.497 e. The van der Waals surface area contributed by atoms with Crippen molar-refractivity contribution in [3.05, 3.63) is 29.8 Å². The van der Waals surface area contributed by atoms with Crippen molar-refractivity contribution >= 4 is 17.7 Å². The molecule has 1 rings (SSSR count). The van der Waals surface area contributed by atoms with Gasteiger partial charge in [0.25, 0.3) is 0 Å². The number of hydrogen-bond acceptors (Lipinski definition) is 4. The summed E-state index contributed by atoms with van der Waals surface area (Å²) >= 11 is 1.57. The molecule has 0 aliphatic heterocycles. The number of benzene rings is 1. The van der Waals surface area contributed by atoms with Crippen LogP contribution >= 0.6 is 11.8 Å². The van der Waals surface area contributed by atoms with Gasteiger partial charge in [0.2, 0.25) is 5.91 Å². The Labute approximate surface area is 124 Å². The standard InChI is InChI=1S/C15H23NO3S/c1-12(8-10-17)20-11-15(18)16-9-7-13-3-5-14(19-2)6-4-13/h3-6,12,17H,7-11H2,1-2H3,(H,16,18). The highest BCUT2D eigenvalue weighted by Crippen LogP contribution is 2.13. The molecule has 5 heteroatoms. The number of carbonyl (C=O) groups is 1. The first-order valence-electron chi connectivity index (χ1n) is 6.77. The molecule has 0 radical (unpaired) electrons. The zero-order valence-electron chi connectivity index (χ0n) is 12.1. The van der Waals surface area contributed by atoms with Gasteiger partial charge in [-0.25, -0.2) is 0 Å². The minimum absolute atomic E-state index is 0.0494. The van der Waals surface area contributed by atoms with Gasteiger partial charge in [-0.3, -0.25) is 4.79 Å². The summed E-state index contributed by atoms with van der Waals surface area (Å²) in [5.74, 6) is 1.34. The highest BCUT2D eigenvalue weighted by molar-refractivity contribution is 8.00. The molecule has 0 saturated heterocycles. The summed E-state index contributed by atoms with van der Waals surface area (Å²) in [4.78, 5) is 11.6. The van der Waals surface area contributed by atoms with Gasteiger partial charge in [-0.05, 0) is 30.5 Å². The molecular formula is C15H23NO3S. The number of amides is 1. The maximum Gasteiger partial charge on any atom is 0.230 e. The van der Waals surface area contributed by atoms with Crippen molar-refractivity contribution in [2.24, 2.45) is 0 Å². The van der Waals surface area contributed by atoms with Crippen LogP contribution in [-0.4, -0.2) is 42.3 Å². The Hall–Kier alpha value is -1.20. The molecule has 112 valence electrons. The van der Waals surface area contributed by atoms with E-state index in [0.717, 1.165) is 18.6 Å². The largest absolute Gasteiger partial charge is 0.497 e. The summed E-state index contributed by atoms with van der Waals surface area (Å²) in [6.45, 7) is 2.83. The lowest BCUT2D eigenvalue weighted by molar-refractivity contribution is -0.118. The third-order valence-electron chi connectivity index (χ3n) is 2.93. The van der Waals surface area contributed by atoms with Crippen molar-refractivity contribution in [2.45, 2.75) is 25.0 Å². The molecule has 2 N–H and O–H groups in total. The Balaban J connectivity index is 2.17. The molecule has 0 aromatic heterocycles. The summed E-state index contributed by atoms with van der Waals surface area (Å²) in [7, 11) is 1.64. The molecule has 0 bridgehead atoms. The van der Waals surface area contributed by atoms with Crippen LogP contribution in [-0.2, 0) is 11.2 Å². The molecule has 0 heterocycles. The number of ether oxygens (including phenoxy) is 1. The third-order valence-corrected chi connectivity index (χ3v) is 4.16. The Kier molecular flexibility index (Phi) is 8.14. The second-order valence-electron chi connectivity index (χ2n) is 4.58. The lowest BCUT2D eigenvalue weighted by Crippen LogP contribution is -2.28. The van der Waals surface area contributed by atoms with Gasteiger partial charge < -0.3 is 15.2 Å².